The molecule has 2 atom stereocenters. The Bertz CT molecular complexity index is 160. The van der Waals surface area contributed by atoms with Crippen LogP contribution in [-0.2, 0) is 9.26 Å². The first-order chi connectivity index (χ1) is 7.81. The van der Waals surface area contributed by atoms with Crippen molar-refractivity contribution in [2.45, 2.75) is 46.0 Å². The van der Waals surface area contributed by atoms with Gasteiger partial charge in [0.25, 0.3) is 0 Å². The van der Waals surface area contributed by atoms with Gasteiger partial charge in [0.15, 0.2) is 0 Å². The standard InChI is InChI=1S/C13H27O2P/c1-3-4-8-13(2)9-12-14-10-6-5-7-11-15-16/h4,8,13H,3,5-7,9-12,16H2,1-2H3. The SMILES string of the molecule is CCC=CC(C)CCOCCCCCOP. The van der Waals surface area contributed by atoms with E-state index < -0.39 is 0 Å². The molecule has 0 bridgehead atoms. The maximum absolute atomic E-state index is 5.58. The Morgan fingerprint density at radius 3 is 2.56 bits per heavy atom. The molecule has 0 rings (SSSR count). The van der Waals surface area contributed by atoms with Crippen LogP contribution in [-0.4, -0.2) is 19.8 Å². The number of hydrogen-bond donors (Lipinski definition) is 0. The summed E-state index contributed by atoms with van der Waals surface area (Å²) in [5.74, 6) is 0.644. The van der Waals surface area contributed by atoms with Gasteiger partial charge < -0.3 is 9.26 Å². The monoisotopic (exact) mass is 246 g/mol. The van der Waals surface area contributed by atoms with Crippen LogP contribution in [0.4, 0.5) is 0 Å². The molecule has 0 aromatic carbocycles. The summed E-state index contributed by atoms with van der Waals surface area (Å²) in [6, 6.07) is 0. The van der Waals surface area contributed by atoms with Crippen molar-refractivity contribution < 1.29 is 9.26 Å². The highest BCUT2D eigenvalue weighted by molar-refractivity contribution is 7.09. The number of hydrogen-bond acceptors (Lipinski definition) is 2. The number of unbranched alkanes of at least 4 members (excludes halogenated alkanes) is 2. The minimum Gasteiger partial charge on any atom is -0.381 e. The molecule has 96 valence electrons. The van der Waals surface area contributed by atoms with E-state index in [0.717, 1.165) is 45.5 Å². The average Bonchev–Trinajstić information content (AvgIpc) is 2.30. The van der Waals surface area contributed by atoms with Crippen molar-refractivity contribution >= 4 is 9.47 Å². The van der Waals surface area contributed by atoms with Gasteiger partial charge in [-0.1, -0.05) is 26.0 Å². The molecule has 0 heterocycles. The van der Waals surface area contributed by atoms with Gasteiger partial charge in [-0.2, -0.15) is 0 Å². The van der Waals surface area contributed by atoms with Gasteiger partial charge in [0.1, 0.15) is 0 Å². The number of allylic oxidation sites excluding steroid dienone is 2. The van der Waals surface area contributed by atoms with Gasteiger partial charge in [-0.25, -0.2) is 0 Å². The van der Waals surface area contributed by atoms with Crippen LogP contribution < -0.4 is 0 Å². The predicted molar refractivity (Wildman–Crippen MR) is 73.5 cm³/mol. The van der Waals surface area contributed by atoms with E-state index in [1.54, 1.807) is 0 Å². The highest BCUT2D eigenvalue weighted by Crippen LogP contribution is 2.05. The number of ether oxygens (including phenoxy) is 1. The van der Waals surface area contributed by atoms with Crippen LogP contribution >= 0.6 is 9.47 Å². The van der Waals surface area contributed by atoms with Crippen molar-refractivity contribution in [3.05, 3.63) is 12.2 Å². The Labute approximate surface area is 103 Å². The maximum atomic E-state index is 5.58. The van der Waals surface area contributed by atoms with Crippen molar-refractivity contribution in [1.29, 1.82) is 0 Å². The van der Waals surface area contributed by atoms with Gasteiger partial charge in [0, 0.05) is 22.7 Å². The average molecular weight is 246 g/mol. The largest absolute Gasteiger partial charge is 0.381 e. The zero-order valence-electron chi connectivity index (χ0n) is 10.8. The molecule has 0 radical (unpaired) electrons. The van der Waals surface area contributed by atoms with Crippen molar-refractivity contribution in [3.8, 4) is 0 Å². The van der Waals surface area contributed by atoms with Crippen LogP contribution in [0.3, 0.4) is 0 Å². The summed E-state index contributed by atoms with van der Waals surface area (Å²) in [6.07, 6.45) is 10.2. The topological polar surface area (TPSA) is 18.5 Å². The number of rotatable bonds is 11. The van der Waals surface area contributed by atoms with E-state index in [9.17, 15) is 0 Å². The Morgan fingerprint density at radius 1 is 1.12 bits per heavy atom. The molecule has 0 aliphatic rings. The quantitative estimate of drug-likeness (QED) is 0.312. The highest BCUT2D eigenvalue weighted by Gasteiger charge is 1.96. The molecule has 2 unspecified atom stereocenters. The minimum atomic E-state index is 0.644. The van der Waals surface area contributed by atoms with Gasteiger partial charge in [0.2, 0.25) is 0 Å². The van der Waals surface area contributed by atoms with E-state index in [2.05, 4.69) is 35.5 Å². The van der Waals surface area contributed by atoms with Crippen LogP contribution in [0.5, 0.6) is 0 Å². The van der Waals surface area contributed by atoms with Crippen molar-refractivity contribution in [2.75, 3.05) is 19.8 Å². The van der Waals surface area contributed by atoms with Crippen molar-refractivity contribution in [2.24, 2.45) is 5.92 Å². The molecule has 0 aliphatic heterocycles. The van der Waals surface area contributed by atoms with Crippen LogP contribution in [0.25, 0.3) is 0 Å². The summed E-state index contributed by atoms with van der Waals surface area (Å²) < 4.78 is 10.5. The van der Waals surface area contributed by atoms with Crippen molar-refractivity contribution in [1.82, 2.24) is 0 Å². The molecule has 0 aromatic rings. The lowest BCUT2D eigenvalue weighted by Crippen LogP contribution is -2.01. The zero-order chi connectivity index (χ0) is 12.1. The van der Waals surface area contributed by atoms with E-state index >= 15 is 0 Å². The second-order valence-corrected chi connectivity index (χ2v) is 4.48. The Morgan fingerprint density at radius 2 is 1.88 bits per heavy atom. The lowest BCUT2D eigenvalue weighted by atomic mass is 10.1. The summed E-state index contributed by atoms with van der Waals surface area (Å²) >= 11 is 0. The third kappa shape index (κ3) is 12.2. The second-order valence-electron chi connectivity index (χ2n) is 4.15. The first-order valence-electron chi connectivity index (χ1n) is 6.37. The molecule has 0 N–H and O–H groups in total. The normalized spacial score (nSPS) is 13.4. The summed E-state index contributed by atoms with van der Waals surface area (Å²) in [7, 11) is 2.28. The molecule has 3 heteroatoms. The molecule has 0 amide bonds. The molecule has 0 aromatic heterocycles. The molecule has 0 aliphatic carbocycles. The Kier molecular flexibility index (Phi) is 13.2. The lowest BCUT2D eigenvalue weighted by Gasteiger charge is -2.07. The van der Waals surface area contributed by atoms with E-state index in [4.69, 9.17) is 9.26 Å². The summed E-state index contributed by atoms with van der Waals surface area (Å²) in [5, 5.41) is 0. The third-order valence-corrected chi connectivity index (χ3v) is 2.70. The molecule has 0 fully saturated rings. The fraction of sp³-hybridized carbons (Fsp3) is 0.846. The molecule has 0 saturated carbocycles. The Balaban J connectivity index is 3.11. The van der Waals surface area contributed by atoms with E-state index in [1.165, 1.54) is 6.42 Å². The van der Waals surface area contributed by atoms with E-state index in [1.807, 2.05) is 0 Å². The van der Waals surface area contributed by atoms with Crippen LogP contribution in [0.1, 0.15) is 46.0 Å². The fourth-order valence-electron chi connectivity index (χ4n) is 1.40. The summed E-state index contributed by atoms with van der Waals surface area (Å²) in [6.45, 7) is 7.02. The first-order valence-corrected chi connectivity index (χ1v) is 6.84. The predicted octanol–water partition coefficient (Wildman–Crippen LogP) is 3.97. The van der Waals surface area contributed by atoms with Gasteiger partial charge in [-0.15, -0.1) is 0 Å². The smallest absolute Gasteiger partial charge is 0.0501 e. The van der Waals surface area contributed by atoms with Gasteiger partial charge in [-0.05, 0) is 38.0 Å². The molecule has 0 saturated heterocycles. The van der Waals surface area contributed by atoms with Crippen molar-refractivity contribution in [3.63, 3.8) is 0 Å². The minimum absolute atomic E-state index is 0.644. The van der Waals surface area contributed by atoms with Gasteiger partial charge in [-0.3, -0.25) is 0 Å². The van der Waals surface area contributed by atoms with Gasteiger partial charge >= 0.3 is 0 Å². The fourth-order valence-corrected chi connectivity index (χ4v) is 1.57. The Hall–Kier alpha value is 0.0900. The summed E-state index contributed by atoms with van der Waals surface area (Å²) in [5.41, 5.74) is 0. The van der Waals surface area contributed by atoms with Gasteiger partial charge in [0.05, 0.1) is 6.61 Å². The van der Waals surface area contributed by atoms with E-state index in [-0.39, 0.29) is 0 Å². The summed E-state index contributed by atoms with van der Waals surface area (Å²) in [4.78, 5) is 0. The van der Waals surface area contributed by atoms with Crippen LogP contribution in [0.15, 0.2) is 12.2 Å². The van der Waals surface area contributed by atoms with Crippen LogP contribution in [0.2, 0.25) is 0 Å². The third-order valence-electron chi connectivity index (χ3n) is 2.47. The highest BCUT2D eigenvalue weighted by atomic mass is 31.0. The van der Waals surface area contributed by atoms with Crippen LogP contribution in [0, 0.1) is 5.92 Å². The molecule has 2 nitrogen and oxygen atoms in total. The maximum Gasteiger partial charge on any atom is 0.0501 e. The molecule has 0 spiro atoms. The molecule has 16 heavy (non-hydrogen) atoms. The zero-order valence-corrected chi connectivity index (χ0v) is 11.9. The van der Waals surface area contributed by atoms with E-state index in [0.29, 0.717) is 5.92 Å². The first kappa shape index (κ1) is 16.1. The second kappa shape index (κ2) is 13.2. The molecular formula is C13H27O2P. The lowest BCUT2D eigenvalue weighted by molar-refractivity contribution is 0.121. The molecular weight excluding hydrogens is 219 g/mol.